The Labute approximate surface area is 103 Å². The van der Waals surface area contributed by atoms with Gasteiger partial charge in [0.05, 0.1) is 12.3 Å². The van der Waals surface area contributed by atoms with Gasteiger partial charge in [-0.1, -0.05) is 6.92 Å². The van der Waals surface area contributed by atoms with Gasteiger partial charge < -0.3 is 10.1 Å². The molecule has 3 unspecified atom stereocenters. The molecular formula is C13H23N3O. The highest BCUT2D eigenvalue weighted by Gasteiger charge is 2.34. The Morgan fingerprint density at radius 3 is 3.00 bits per heavy atom. The molecule has 0 saturated carbocycles. The third kappa shape index (κ3) is 2.53. The predicted molar refractivity (Wildman–Crippen MR) is 67.8 cm³/mol. The van der Waals surface area contributed by atoms with E-state index in [4.69, 9.17) is 4.74 Å². The number of rotatable bonds is 5. The van der Waals surface area contributed by atoms with Crippen molar-refractivity contribution in [3.05, 3.63) is 18.0 Å². The van der Waals surface area contributed by atoms with E-state index in [1.54, 1.807) is 0 Å². The van der Waals surface area contributed by atoms with Crippen molar-refractivity contribution in [2.24, 2.45) is 5.92 Å². The molecule has 0 amide bonds. The van der Waals surface area contributed by atoms with Gasteiger partial charge in [0.2, 0.25) is 0 Å². The van der Waals surface area contributed by atoms with Crippen molar-refractivity contribution in [2.75, 3.05) is 13.7 Å². The van der Waals surface area contributed by atoms with Crippen LogP contribution in [-0.2, 0) is 11.3 Å². The van der Waals surface area contributed by atoms with Crippen LogP contribution in [-0.4, -0.2) is 29.5 Å². The molecule has 2 rings (SSSR count). The maximum atomic E-state index is 5.78. The number of hydrogen-bond donors (Lipinski definition) is 1. The molecule has 4 heteroatoms. The lowest BCUT2D eigenvalue weighted by Gasteiger charge is -2.25. The molecule has 0 spiro atoms. The average molecular weight is 237 g/mol. The first kappa shape index (κ1) is 12.6. The molecule has 1 aromatic rings. The third-order valence-electron chi connectivity index (χ3n) is 3.74. The molecule has 1 aliphatic heterocycles. The largest absolute Gasteiger partial charge is 0.378 e. The highest BCUT2D eigenvalue weighted by molar-refractivity contribution is 5.13. The summed E-state index contributed by atoms with van der Waals surface area (Å²) in [6, 6.07) is 0.364. The topological polar surface area (TPSA) is 39.1 Å². The molecule has 3 atom stereocenters. The summed E-state index contributed by atoms with van der Waals surface area (Å²) in [7, 11) is 2.03. The summed E-state index contributed by atoms with van der Waals surface area (Å²) in [5.41, 5.74) is 1.28. The van der Waals surface area contributed by atoms with Gasteiger partial charge in [-0.15, -0.1) is 0 Å². The van der Waals surface area contributed by atoms with Crippen molar-refractivity contribution >= 4 is 0 Å². The molecule has 17 heavy (non-hydrogen) atoms. The molecule has 0 aliphatic carbocycles. The van der Waals surface area contributed by atoms with E-state index in [1.807, 2.05) is 17.9 Å². The molecule has 1 N–H and O–H groups in total. The molecule has 0 bridgehead atoms. The van der Waals surface area contributed by atoms with Crippen LogP contribution < -0.4 is 5.32 Å². The Hall–Kier alpha value is -0.870. The van der Waals surface area contributed by atoms with Gasteiger partial charge in [-0.2, -0.15) is 5.10 Å². The average Bonchev–Trinajstić information content (AvgIpc) is 2.99. The molecule has 1 saturated heterocycles. The number of ether oxygens (including phenoxy) is 1. The van der Waals surface area contributed by atoms with E-state index < -0.39 is 0 Å². The first-order valence-electron chi connectivity index (χ1n) is 6.61. The summed E-state index contributed by atoms with van der Waals surface area (Å²) in [6.45, 7) is 6.13. The van der Waals surface area contributed by atoms with Gasteiger partial charge in [-0.05, 0) is 26.8 Å². The summed E-state index contributed by atoms with van der Waals surface area (Å²) in [5, 5.41) is 7.79. The first-order chi connectivity index (χ1) is 8.30. The van der Waals surface area contributed by atoms with Crippen LogP contribution in [0.3, 0.4) is 0 Å². The molecule has 0 radical (unpaired) electrons. The second kappa shape index (κ2) is 5.65. The minimum absolute atomic E-state index is 0.364. The maximum absolute atomic E-state index is 5.78. The van der Waals surface area contributed by atoms with Crippen LogP contribution in [0.25, 0.3) is 0 Å². The van der Waals surface area contributed by atoms with E-state index in [9.17, 15) is 0 Å². The Morgan fingerprint density at radius 1 is 1.59 bits per heavy atom. The quantitative estimate of drug-likeness (QED) is 0.851. The zero-order valence-corrected chi connectivity index (χ0v) is 11.0. The fraction of sp³-hybridized carbons (Fsp3) is 0.769. The van der Waals surface area contributed by atoms with E-state index in [0.29, 0.717) is 18.1 Å². The minimum Gasteiger partial charge on any atom is -0.378 e. The van der Waals surface area contributed by atoms with E-state index >= 15 is 0 Å². The minimum atomic E-state index is 0.364. The molecule has 1 fully saturated rings. The highest BCUT2D eigenvalue weighted by Crippen LogP contribution is 2.34. The van der Waals surface area contributed by atoms with Crippen LogP contribution >= 0.6 is 0 Å². The monoisotopic (exact) mass is 237 g/mol. The van der Waals surface area contributed by atoms with Gasteiger partial charge >= 0.3 is 0 Å². The summed E-state index contributed by atoms with van der Waals surface area (Å²) in [5.74, 6) is 0.569. The maximum Gasteiger partial charge on any atom is 0.0619 e. The Morgan fingerprint density at radius 2 is 2.41 bits per heavy atom. The lowest BCUT2D eigenvalue weighted by molar-refractivity contribution is 0.0782. The summed E-state index contributed by atoms with van der Waals surface area (Å²) in [4.78, 5) is 0. The highest BCUT2D eigenvalue weighted by atomic mass is 16.5. The zero-order chi connectivity index (χ0) is 12.3. The van der Waals surface area contributed by atoms with Gasteiger partial charge in [-0.3, -0.25) is 4.68 Å². The standard InChI is InChI=1S/C13H23N3O/c1-4-12-11(6-7-17-12)13(14-3)10-8-15-16(5-2)9-10/h8-9,11-14H,4-7H2,1-3H3. The molecule has 96 valence electrons. The smallest absolute Gasteiger partial charge is 0.0619 e. The summed E-state index contributed by atoms with van der Waals surface area (Å²) >= 11 is 0. The number of nitrogens with one attached hydrogen (secondary N) is 1. The van der Waals surface area contributed by atoms with Crippen molar-refractivity contribution in [3.8, 4) is 0 Å². The van der Waals surface area contributed by atoms with Crippen LogP contribution in [0.2, 0.25) is 0 Å². The van der Waals surface area contributed by atoms with Crippen LogP contribution in [0.5, 0.6) is 0 Å². The fourth-order valence-corrected chi connectivity index (χ4v) is 2.81. The molecule has 2 heterocycles. The van der Waals surface area contributed by atoms with E-state index in [1.165, 1.54) is 5.56 Å². The summed E-state index contributed by atoms with van der Waals surface area (Å²) in [6.07, 6.45) is 6.74. The molecular weight excluding hydrogens is 214 g/mol. The van der Waals surface area contributed by atoms with Crippen molar-refractivity contribution < 1.29 is 4.74 Å². The Bertz CT molecular complexity index is 350. The fourth-order valence-electron chi connectivity index (χ4n) is 2.81. The van der Waals surface area contributed by atoms with Crippen molar-refractivity contribution in [2.45, 2.75) is 45.4 Å². The van der Waals surface area contributed by atoms with Crippen LogP contribution in [0, 0.1) is 5.92 Å². The Kier molecular flexibility index (Phi) is 4.18. The summed E-state index contributed by atoms with van der Waals surface area (Å²) < 4.78 is 7.77. The van der Waals surface area contributed by atoms with E-state index in [0.717, 1.165) is 26.0 Å². The molecule has 1 aromatic heterocycles. The van der Waals surface area contributed by atoms with Crippen LogP contribution in [0.4, 0.5) is 0 Å². The van der Waals surface area contributed by atoms with Crippen molar-refractivity contribution in [1.29, 1.82) is 0 Å². The second-order valence-corrected chi connectivity index (χ2v) is 4.67. The predicted octanol–water partition coefficient (Wildman–Crippen LogP) is 1.98. The number of nitrogens with zero attached hydrogens (tertiary/aromatic N) is 2. The molecule has 0 aromatic carbocycles. The first-order valence-corrected chi connectivity index (χ1v) is 6.61. The third-order valence-corrected chi connectivity index (χ3v) is 3.74. The lowest BCUT2D eigenvalue weighted by atomic mass is 9.88. The number of aryl methyl sites for hydroxylation is 1. The Balaban J connectivity index is 2.14. The van der Waals surface area contributed by atoms with Gasteiger partial charge in [0.1, 0.15) is 0 Å². The zero-order valence-electron chi connectivity index (χ0n) is 11.0. The van der Waals surface area contributed by atoms with E-state index in [-0.39, 0.29) is 0 Å². The molecule has 1 aliphatic rings. The number of aromatic nitrogens is 2. The van der Waals surface area contributed by atoms with Crippen LogP contribution in [0.1, 0.15) is 38.3 Å². The lowest BCUT2D eigenvalue weighted by Crippen LogP contribution is -2.30. The SMILES string of the molecule is CCC1OCCC1C(NC)c1cnn(CC)c1. The van der Waals surface area contributed by atoms with Gasteiger partial charge in [-0.25, -0.2) is 0 Å². The van der Waals surface area contributed by atoms with Crippen molar-refractivity contribution in [1.82, 2.24) is 15.1 Å². The van der Waals surface area contributed by atoms with Gasteiger partial charge in [0.25, 0.3) is 0 Å². The van der Waals surface area contributed by atoms with Crippen molar-refractivity contribution in [3.63, 3.8) is 0 Å². The normalized spacial score (nSPS) is 26.3. The molecule has 4 nitrogen and oxygen atoms in total. The second-order valence-electron chi connectivity index (χ2n) is 4.67. The van der Waals surface area contributed by atoms with E-state index in [2.05, 4.69) is 30.5 Å². The number of hydrogen-bond acceptors (Lipinski definition) is 3. The van der Waals surface area contributed by atoms with Gasteiger partial charge in [0.15, 0.2) is 0 Å². The van der Waals surface area contributed by atoms with Gasteiger partial charge in [0, 0.05) is 36.9 Å². The van der Waals surface area contributed by atoms with Crippen LogP contribution in [0.15, 0.2) is 12.4 Å².